The molecule has 7 nitrogen and oxygen atoms in total. The lowest BCUT2D eigenvalue weighted by molar-refractivity contribution is 0.802. The molecule has 8 heteroatoms. The summed E-state index contributed by atoms with van der Waals surface area (Å²) < 4.78 is 0. The van der Waals surface area contributed by atoms with Crippen molar-refractivity contribution in [3.05, 3.63) is 41.1 Å². The number of benzene rings is 1. The van der Waals surface area contributed by atoms with Crippen molar-refractivity contribution in [3.8, 4) is 6.07 Å². The van der Waals surface area contributed by atoms with Crippen LogP contribution < -0.4 is 16.8 Å². The van der Waals surface area contributed by atoms with Crippen LogP contribution in [-0.2, 0) is 6.42 Å². The Morgan fingerprint density at radius 1 is 1.39 bits per heavy atom. The number of nitrogen functional groups attached to an aromatic ring is 1. The quantitative estimate of drug-likeness (QED) is 0.253. The SMILES string of the molecule is Cc1ccc(NC(N)=NCCCc2[nH]nc(N)c2C#N)cc1.I. The van der Waals surface area contributed by atoms with E-state index >= 15 is 0 Å². The van der Waals surface area contributed by atoms with Crippen LogP contribution >= 0.6 is 24.0 Å². The lowest BCUT2D eigenvalue weighted by Crippen LogP contribution is -2.22. The van der Waals surface area contributed by atoms with Gasteiger partial charge in [0.2, 0.25) is 0 Å². The molecular weight excluding hydrogens is 405 g/mol. The average molecular weight is 425 g/mol. The average Bonchev–Trinajstić information content (AvgIpc) is 2.86. The Kier molecular flexibility index (Phi) is 7.34. The highest BCUT2D eigenvalue weighted by Gasteiger charge is 2.09. The van der Waals surface area contributed by atoms with E-state index < -0.39 is 0 Å². The molecular formula is C15H20IN7. The molecule has 0 amide bonds. The normalized spacial score (nSPS) is 10.7. The van der Waals surface area contributed by atoms with E-state index in [1.54, 1.807) is 0 Å². The van der Waals surface area contributed by atoms with Crippen molar-refractivity contribution in [2.45, 2.75) is 19.8 Å². The molecule has 2 aromatic rings. The second-order valence-electron chi connectivity index (χ2n) is 4.94. The van der Waals surface area contributed by atoms with Crippen LogP contribution in [0.25, 0.3) is 0 Å². The van der Waals surface area contributed by atoms with E-state index in [4.69, 9.17) is 16.7 Å². The van der Waals surface area contributed by atoms with Gasteiger partial charge in [0, 0.05) is 12.2 Å². The number of H-pyrrole nitrogens is 1. The number of halogens is 1. The topological polar surface area (TPSA) is 129 Å². The maximum Gasteiger partial charge on any atom is 0.193 e. The molecule has 23 heavy (non-hydrogen) atoms. The van der Waals surface area contributed by atoms with E-state index in [0.29, 0.717) is 24.5 Å². The third-order valence-electron chi connectivity index (χ3n) is 3.17. The Balaban J connectivity index is 0.00000264. The van der Waals surface area contributed by atoms with Gasteiger partial charge in [0.15, 0.2) is 11.8 Å². The molecule has 6 N–H and O–H groups in total. The van der Waals surface area contributed by atoms with Gasteiger partial charge in [-0.15, -0.1) is 24.0 Å². The molecule has 0 radical (unpaired) electrons. The first-order chi connectivity index (χ1) is 10.6. The fourth-order valence-corrected chi connectivity index (χ4v) is 1.98. The fraction of sp³-hybridized carbons (Fsp3) is 0.267. The van der Waals surface area contributed by atoms with Gasteiger partial charge >= 0.3 is 0 Å². The second kappa shape index (κ2) is 8.99. The standard InChI is InChI=1S/C15H19N7.HI/c1-10-4-6-11(7-5-10)20-15(18)19-8-2-3-13-12(9-16)14(17)22-21-13;/h4-7H,2-3,8H2,1H3,(H3,17,21,22)(H3,18,19,20);1H. The van der Waals surface area contributed by atoms with Gasteiger partial charge in [-0.25, -0.2) is 0 Å². The van der Waals surface area contributed by atoms with Gasteiger partial charge in [0.1, 0.15) is 11.6 Å². The van der Waals surface area contributed by atoms with Crippen LogP contribution in [0.4, 0.5) is 11.5 Å². The van der Waals surface area contributed by atoms with E-state index in [0.717, 1.165) is 17.8 Å². The molecule has 0 aliphatic carbocycles. The number of nitrogens with one attached hydrogen (secondary N) is 2. The zero-order valence-electron chi connectivity index (χ0n) is 12.8. The highest BCUT2D eigenvalue weighted by molar-refractivity contribution is 14.0. The minimum atomic E-state index is 0. The van der Waals surface area contributed by atoms with Crippen molar-refractivity contribution >= 4 is 41.4 Å². The van der Waals surface area contributed by atoms with E-state index in [1.807, 2.05) is 37.3 Å². The van der Waals surface area contributed by atoms with E-state index in [9.17, 15) is 0 Å². The smallest absolute Gasteiger partial charge is 0.193 e. The first-order valence-corrected chi connectivity index (χ1v) is 6.96. The summed E-state index contributed by atoms with van der Waals surface area (Å²) in [6.07, 6.45) is 1.39. The van der Waals surface area contributed by atoms with E-state index in [1.165, 1.54) is 5.56 Å². The van der Waals surface area contributed by atoms with Crippen LogP contribution in [0.5, 0.6) is 0 Å². The number of hydrogen-bond donors (Lipinski definition) is 4. The Hall–Kier alpha value is -2.28. The molecule has 0 atom stereocenters. The first-order valence-electron chi connectivity index (χ1n) is 6.96. The molecule has 1 aromatic heterocycles. The van der Waals surface area contributed by atoms with Gasteiger partial charge in [-0.05, 0) is 31.9 Å². The van der Waals surface area contributed by atoms with Crippen LogP contribution in [-0.4, -0.2) is 22.7 Å². The maximum atomic E-state index is 8.97. The Morgan fingerprint density at radius 2 is 2.09 bits per heavy atom. The lowest BCUT2D eigenvalue weighted by atomic mass is 10.1. The third-order valence-corrected chi connectivity index (χ3v) is 3.17. The van der Waals surface area contributed by atoms with Gasteiger partial charge in [0.05, 0.1) is 5.69 Å². The summed E-state index contributed by atoms with van der Waals surface area (Å²) in [6.45, 7) is 2.58. The highest BCUT2D eigenvalue weighted by atomic mass is 127. The molecule has 0 fully saturated rings. The van der Waals surface area contributed by atoms with Gasteiger partial charge < -0.3 is 16.8 Å². The molecule has 1 heterocycles. The van der Waals surface area contributed by atoms with Gasteiger partial charge in [0.25, 0.3) is 0 Å². The highest BCUT2D eigenvalue weighted by Crippen LogP contribution is 2.13. The number of aryl methyl sites for hydroxylation is 2. The fourth-order valence-electron chi connectivity index (χ4n) is 1.98. The monoisotopic (exact) mass is 425 g/mol. The number of anilines is 2. The summed E-state index contributed by atoms with van der Waals surface area (Å²) >= 11 is 0. The number of nitrogens with two attached hydrogens (primary N) is 2. The molecule has 0 saturated carbocycles. The van der Waals surface area contributed by atoms with Crippen LogP contribution in [0.2, 0.25) is 0 Å². The van der Waals surface area contributed by atoms with Gasteiger partial charge in [-0.2, -0.15) is 10.4 Å². The molecule has 0 bridgehead atoms. The Labute approximate surface area is 152 Å². The molecule has 122 valence electrons. The molecule has 0 aliphatic heterocycles. The van der Waals surface area contributed by atoms with Crippen LogP contribution in [0.1, 0.15) is 23.2 Å². The third kappa shape index (κ3) is 5.45. The molecule has 0 unspecified atom stereocenters. The largest absolute Gasteiger partial charge is 0.381 e. The lowest BCUT2D eigenvalue weighted by Gasteiger charge is -2.05. The molecule has 0 aliphatic rings. The van der Waals surface area contributed by atoms with Crippen molar-refractivity contribution in [2.75, 3.05) is 17.6 Å². The van der Waals surface area contributed by atoms with E-state index in [2.05, 4.69) is 20.5 Å². The zero-order chi connectivity index (χ0) is 15.9. The minimum Gasteiger partial charge on any atom is -0.381 e. The van der Waals surface area contributed by atoms with Crippen LogP contribution in [0, 0.1) is 18.3 Å². The minimum absolute atomic E-state index is 0. The number of aromatic amines is 1. The van der Waals surface area contributed by atoms with Crippen molar-refractivity contribution in [2.24, 2.45) is 10.7 Å². The summed E-state index contributed by atoms with van der Waals surface area (Å²) in [5.41, 5.74) is 14.6. The van der Waals surface area contributed by atoms with Crippen molar-refractivity contribution < 1.29 is 0 Å². The predicted octanol–water partition coefficient (Wildman–Crippen LogP) is 2.15. The van der Waals surface area contributed by atoms with Crippen LogP contribution in [0.15, 0.2) is 29.3 Å². The number of aromatic nitrogens is 2. The number of nitriles is 1. The van der Waals surface area contributed by atoms with Gasteiger partial charge in [-0.1, -0.05) is 17.7 Å². The number of hydrogen-bond acceptors (Lipinski definition) is 4. The second-order valence-corrected chi connectivity index (χ2v) is 4.94. The Bertz CT molecular complexity index is 698. The summed E-state index contributed by atoms with van der Waals surface area (Å²) in [5, 5.41) is 18.6. The summed E-state index contributed by atoms with van der Waals surface area (Å²) in [6, 6.07) is 9.94. The molecule has 1 aromatic carbocycles. The first kappa shape index (κ1) is 18.8. The van der Waals surface area contributed by atoms with Crippen molar-refractivity contribution in [1.29, 1.82) is 5.26 Å². The number of nitrogens with zero attached hydrogens (tertiary/aromatic N) is 3. The van der Waals surface area contributed by atoms with Crippen molar-refractivity contribution in [3.63, 3.8) is 0 Å². The zero-order valence-corrected chi connectivity index (χ0v) is 15.2. The summed E-state index contributed by atoms with van der Waals surface area (Å²) in [4.78, 5) is 4.25. The molecule has 0 spiro atoms. The van der Waals surface area contributed by atoms with Gasteiger partial charge in [-0.3, -0.25) is 10.1 Å². The Morgan fingerprint density at radius 3 is 2.74 bits per heavy atom. The van der Waals surface area contributed by atoms with E-state index in [-0.39, 0.29) is 29.8 Å². The molecule has 2 rings (SSSR count). The number of guanidine groups is 1. The summed E-state index contributed by atoms with van der Waals surface area (Å²) in [7, 11) is 0. The number of aliphatic imine (C=N–C) groups is 1. The van der Waals surface area contributed by atoms with Crippen molar-refractivity contribution in [1.82, 2.24) is 10.2 Å². The maximum absolute atomic E-state index is 8.97. The summed E-state index contributed by atoms with van der Waals surface area (Å²) in [5.74, 6) is 0.607. The van der Waals surface area contributed by atoms with Crippen LogP contribution in [0.3, 0.4) is 0 Å². The molecule has 0 saturated heterocycles. The number of rotatable bonds is 5. The predicted molar refractivity (Wildman–Crippen MR) is 103 cm³/mol.